The van der Waals surface area contributed by atoms with Gasteiger partial charge in [-0.25, -0.2) is 4.39 Å². The zero-order chi connectivity index (χ0) is 18.8. The average Bonchev–Trinajstić information content (AvgIpc) is 2.90. The lowest BCUT2D eigenvalue weighted by atomic mass is 10.0. The number of hydrogen-bond acceptors (Lipinski definition) is 3. The minimum atomic E-state index is -0.412. The van der Waals surface area contributed by atoms with E-state index >= 15 is 0 Å². The molecule has 0 aliphatic heterocycles. The molecule has 0 spiro atoms. The third-order valence-electron chi connectivity index (χ3n) is 4.50. The molecule has 1 aliphatic rings. The fourth-order valence-corrected chi connectivity index (χ4v) is 3.43. The van der Waals surface area contributed by atoms with Gasteiger partial charge in [-0.15, -0.1) is 0 Å². The van der Waals surface area contributed by atoms with Crippen LogP contribution in [-0.2, 0) is 4.79 Å². The quantitative estimate of drug-likeness (QED) is 0.841. The van der Waals surface area contributed by atoms with Gasteiger partial charge in [0.2, 0.25) is 0 Å². The predicted molar refractivity (Wildman–Crippen MR) is 97.3 cm³/mol. The molecule has 6 heteroatoms. The number of carbonyl (C=O) groups excluding carboxylic acids is 2. The van der Waals surface area contributed by atoms with Crippen molar-refractivity contribution in [2.45, 2.75) is 32.2 Å². The zero-order valence-electron chi connectivity index (χ0n) is 14.5. The summed E-state index contributed by atoms with van der Waals surface area (Å²) in [6.45, 7) is 3.38. The highest BCUT2D eigenvalue weighted by Gasteiger charge is 2.32. The van der Waals surface area contributed by atoms with Crippen LogP contribution in [-0.4, -0.2) is 18.3 Å². The van der Waals surface area contributed by atoms with Gasteiger partial charge in [0, 0.05) is 17.0 Å². The second-order valence-corrected chi connectivity index (χ2v) is 6.93. The Balaban J connectivity index is 1.67. The molecule has 0 heterocycles. The summed E-state index contributed by atoms with van der Waals surface area (Å²) in [7, 11) is 0. The summed E-state index contributed by atoms with van der Waals surface area (Å²) >= 11 is 5.96. The van der Waals surface area contributed by atoms with Crippen LogP contribution in [0, 0.1) is 5.82 Å². The number of hydrogen-bond donors (Lipinski definition) is 1. The van der Waals surface area contributed by atoms with Crippen molar-refractivity contribution < 1.29 is 18.7 Å². The predicted octanol–water partition coefficient (Wildman–Crippen LogP) is 4.43. The average molecular weight is 376 g/mol. The van der Waals surface area contributed by atoms with E-state index < -0.39 is 5.82 Å². The molecule has 3 rings (SSSR count). The number of halogens is 2. The maximum Gasteiger partial charge on any atom is 0.258 e. The number of benzene rings is 2. The third-order valence-corrected chi connectivity index (χ3v) is 4.74. The van der Waals surface area contributed by atoms with Crippen molar-refractivity contribution in [3.63, 3.8) is 0 Å². The molecule has 1 amide bonds. The number of ether oxygens (including phenoxy) is 1. The van der Waals surface area contributed by atoms with E-state index in [1.54, 1.807) is 19.1 Å². The summed E-state index contributed by atoms with van der Waals surface area (Å²) < 4.78 is 19.5. The fourth-order valence-electron chi connectivity index (χ4n) is 3.23. The van der Waals surface area contributed by atoms with E-state index in [9.17, 15) is 14.0 Å². The molecule has 1 N–H and O–H groups in total. The number of rotatable bonds is 5. The summed E-state index contributed by atoms with van der Waals surface area (Å²) in [5, 5.41) is 3.40. The molecule has 0 fully saturated rings. The van der Waals surface area contributed by atoms with E-state index in [-0.39, 0.29) is 48.0 Å². The topological polar surface area (TPSA) is 55.4 Å². The van der Waals surface area contributed by atoms with Crippen LogP contribution in [0.2, 0.25) is 5.02 Å². The van der Waals surface area contributed by atoms with Crippen LogP contribution in [0.1, 0.15) is 53.7 Å². The standard InChI is InChI=1S/C20H19ClFNO3/c1-11-8-16(24)20-17(7-6-15(22)19(11)20)26-10-18(25)23-12(2)13-4-3-5-14(21)9-13/h3-7,9,11-12H,8,10H2,1-2H3,(H,23,25). The Hall–Kier alpha value is -2.40. The molecular formula is C20H19ClFNO3. The van der Waals surface area contributed by atoms with Gasteiger partial charge < -0.3 is 10.1 Å². The van der Waals surface area contributed by atoms with E-state index in [0.717, 1.165) is 5.56 Å². The van der Waals surface area contributed by atoms with Gasteiger partial charge in [-0.05, 0) is 42.7 Å². The van der Waals surface area contributed by atoms with E-state index in [0.29, 0.717) is 10.6 Å². The molecule has 0 aromatic heterocycles. The van der Waals surface area contributed by atoms with Gasteiger partial charge in [0.15, 0.2) is 12.4 Å². The fraction of sp³-hybridized carbons (Fsp3) is 0.300. The summed E-state index contributed by atoms with van der Waals surface area (Å²) in [6, 6.07) is 9.64. The molecule has 0 bridgehead atoms. The van der Waals surface area contributed by atoms with E-state index in [2.05, 4.69) is 5.32 Å². The van der Waals surface area contributed by atoms with E-state index in [1.807, 2.05) is 19.1 Å². The molecule has 1 aliphatic carbocycles. The molecule has 26 heavy (non-hydrogen) atoms. The number of ketones is 1. The molecule has 136 valence electrons. The van der Waals surface area contributed by atoms with E-state index in [4.69, 9.17) is 16.3 Å². The van der Waals surface area contributed by atoms with Crippen LogP contribution in [0.25, 0.3) is 0 Å². The lowest BCUT2D eigenvalue weighted by molar-refractivity contribution is -0.123. The van der Waals surface area contributed by atoms with Crippen LogP contribution in [0.5, 0.6) is 5.75 Å². The summed E-state index contributed by atoms with van der Waals surface area (Å²) in [6.07, 6.45) is 0.255. The second kappa shape index (κ2) is 7.46. The van der Waals surface area contributed by atoms with Gasteiger partial charge in [0.25, 0.3) is 5.91 Å². The molecular weight excluding hydrogens is 357 g/mol. The van der Waals surface area contributed by atoms with Gasteiger partial charge in [0.1, 0.15) is 11.6 Å². The summed E-state index contributed by atoms with van der Waals surface area (Å²) in [5.41, 5.74) is 1.51. The highest BCUT2D eigenvalue weighted by molar-refractivity contribution is 6.30. The SMILES string of the molecule is CC1CC(=O)c2c(OCC(=O)NC(C)c3cccc(Cl)c3)ccc(F)c21. The molecule has 0 saturated heterocycles. The van der Waals surface area contributed by atoms with Gasteiger partial charge >= 0.3 is 0 Å². The second-order valence-electron chi connectivity index (χ2n) is 6.50. The van der Waals surface area contributed by atoms with Crippen molar-refractivity contribution >= 4 is 23.3 Å². The lowest BCUT2D eigenvalue weighted by Crippen LogP contribution is -2.31. The Morgan fingerprint density at radius 2 is 2.15 bits per heavy atom. The molecule has 2 unspecified atom stereocenters. The highest BCUT2D eigenvalue weighted by Crippen LogP contribution is 2.39. The van der Waals surface area contributed by atoms with Crippen molar-refractivity contribution in [1.29, 1.82) is 0 Å². The largest absolute Gasteiger partial charge is 0.483 e. The van der Waals surface area contributed by atoms with Gasteiger partial charge in [-0.2, -0.15) is 0 Å². The number of nitrogens with one attached hydrogen (secondary N) is 1. The first-order chi connectivity index (χ1) is 12.4. The number of Topliss-reactive ketones (excluding diaryl/α,β-unsaturated/α-hetero) is 1. The highest BCUT2D eigenvalue weighted by atomic mass is 35.5. The Kier molecular flexibility index (Phi) is 5.28. The molecule has 4 nitrogen and oxygen atoms in total. The summed E-state index contributed by atoms with van der Waals surface area (Å²) in [4.78, 5) is 24.3. The van der Waals surface area contributed by atoms with Crippen molar-refractivity contribution in [3.8, 4) is 5.75 Å². The third kappa shape index (κ3) is 3.73. The van der Waals surface area contributed by atoms with E-state index in [1.165, 1.54) is 12.1 Å². The van der Waals surface area contributed by atoms with Gasteiger partial charge in [-0.3, -0.25) is 9.59 Å². The first-order valence-corrected chi connectivity index (χ1v) is 8.78. The van der Waals surface area contributed by atoms with Crippen LogP contribution in [0.3, 0.4) is 0 Å². The Bertz CT molecular complexity index is 868. The van der Waals surface area contributed by atoms with Crippen molar-refractivity contribution in [2.75, 3.05) is 6.61 Å². The Labute approximate surface area is 156 Å². The minimum absolute atomic E-state index is 0.158. The minimum Gasteiger partial charge on any atom is -0.483 e. The first kappa shape index (κ1) is 18.4. The molecule has 0 saturated carbocycles. The maximum absolute atomic E-state index is 14.0. The molecule has 2 atom stereocenters. The lowest BCUT2D eigenvalue weighted by Gasteiger charge is -2.16. The molecule has 2 aromatic rings. The normalized spacial score (nSPS) is 16.9. The summed E-state index contributed by atoms with van der Waals surface area (Å²) in [5.74, 6) is -0.840. The van der Waals surface area contributed by atoms with Crippen LogP contribution < -0.4 is 10.1 Å². The number of amides is 1. The number of fused-ring (bicyclic) bond motifs is 1. The Morgan fingerprint density at radius 1 is 1.38 bits per heavy atom. The maximum atomic E-state index is 14.0. The molecule has 0 radical (unpaired) electrons. The first-order valence-electron chi connectivity index (χ1n) is 8.40. The smallest absolute Gasteiger partial charge is 0.258 e. The van der Waals surface area contributed by atoms with Crippen molar-refractivity contribution in [1.82, 2.24) is 5.32 Å². The molecule has 2 aromatic carbocycles. The van der Waals surface area contributed by atoms with Gasteiger partial charge in [-0.1, -0.05) is 30.7 Å². The van der Waals surface area contributed by atoms with Crippen molar-refractivity contribution in [3.05, 3.63) is 63.9 Å². The Morgan fingerprint density at radius 3 is 2.88 bits per heavy atom. The van der Waals surface area contributed by atoms with Crippen LogP contribution >= 0.6 is 11.6 Å². The number of carbonyl (C=O) groups is 2. The van der Waals surface area contributed by atoms with Crippen molar-refractivity contribution in [2.24, 2.45) is 0 Å². The van der Waals surface area contributed by atoms with Crippen LogP contribution in [0.15, 0.2) is 36.4 Å². The monoisotopic (exact) mass is 375 g/mol. The van der Waals surface area contributed by atoms with Gasteiger partial charge in [0.05, 0.1) is 11.6 Å². The van der Waals surface area contributed by atoms with Crippen LogP contribution in [0.4, 0.5) is 4.39 Å². The zero-order valence-corrected chi connectivity index (χ0v) is 15.3.